The van der Waals surface area contributed by atoms with Gasteiger partial charge in [0.15, 0.2) is 10.8 Å². The van der Waals surface area contributed by atoms with E-state index in [4.69, 9.17) is 16.3 Å². The predicted molar refractivity (Wildman–Crippen MR) is 101 cm³/mol. The molecule has 1 atom stereocenters. The molecule has 3 heterocycles. The summed E-state index contributed by atoms with van der Waals surface area (Å²) in [6, 6.07) is 11.5. The third-order valence-corrected chi connectivity index (χ3v) is 5.49. The number of fused-ring (bicyclic) bond motifs is 1. The fourth-order valence-corrected chi connectivity index (χ4v) is 4.09. The SMILES string of the molecule is O=C([C@@H](Sc1nc2ncc(Cl)cc2[nH]1)c1ccccc1)N1CCOCC1. The number of morpholine rings is 1. The number of H-pyrrole nitrogens is 1. The number of pyridine rings is 1. The van der Waals surface area contributed by atoms with Gasteiger partial charge < -0.3 is 14.6 Å². The number of nitrogens with zero attached hydrogens (tertiary/aromatic N) is 3. The number of hydrogen-bond acceptors (Lipinski definition) is 5. The Kier molecular flexibility index (Phi) is 5.10. The van der Waals surface area contributed by atoms with Crippen LogP contribution in [0.4, 0.5) is 0 Å². The molecule has 1 aliphatic heterocycles. The van der Waals surface area contributed by atoms with Gasteiger partial charge in [-0.25, -0.2) is 9.97 Å². The van der Waals surface area contributed by atoms with Gasteiger partial charge >= 0.3 is 0 Å². The van der Waals surface area contributed by atoms with E-state index in [1.807, 2.05) is 35.2 Å². The van der Waals surface area contributed by atoms with Gasteiger partial charge in [0.05, 0.1) is 23.8 Å². The van der Waals surface area contributed by atoms with Gasteiger partial charge in [-0.1, -0.05) is 53.7 Å². The number of benzene rings is 1. The highest BCUT2D eigenvalue weighted by Gasteiger charge is 2.29. The number of carbonyl (C=O) groups excluding carboxylic acids is 1. The summed E-state index contributed by atoms with van der Waals surface area (Å²) in [6.07, 6.45) is 1.56. The minimum Gasteiger partial charge on any atom is -0.378 e. The third-order valence-electron chi connectivity index (χ3n) is 4.16. The number of aromatic nitrogens is 3. The zero-order valence-electron chi connectivity index (χ0n) is 13.9. The van der Waals surface area contributed by atoms with E-state index in [0.717, 1.165) is 11.1 Å². The summed E-state index contributed by atoms with van der Waals surface area (Å²) in [4.78, 5) is 26.9. The lowest BCUT2D eigenvalue weighted by Gasteiger charge is -2.30. The van der Waals surface area contributed by atoms with Gasteiger partial charge in [-0.2, -0.15) is 0 Å². The van der Waals surface area contributed by atoms with E-state index in [1.165, 1.54) is 11.8 Å². The van der Waals surface area contributed by atoms with Crippen LogP contribution in [0.3, 0.4) is 0 Å². The molecular weight excluding hydrogens is 372 g/mol. The number of amides is 1. The molecule has 1 aromatic carbocycles. The van der Waals surface area contributed by atoms with E-state index in [1.54, 1.807) is 12.3 Å². The van der Waals surface area contributed by atoms with E-state index < -0.39 is 0 Å². The van der Waals surface area contributed by atoms with Crippen molar-refractivity contribution >= 4 is 40.4 Å². The Labute approximate surface area is 159 Å². The molecule has 8 heteroatoms. The lowest BCUT2D eigenvalue weighted by Crippen LogP contribution is -2.42. The van der Waals surface area contributed by atoms with E-state index in [-0.39, 0.29) is 11.2 Å². The van der Waals surface area contributed by atoms with Gasteiger partial charge in [0.2, 0.25) is 5.91 Å². The highest BCUT2D eigenvalue weighted by Crippen LogP contribution is 2.36. The monoisotopic (exact) mass is 388 g/mol. The van der Waals surface area contributed by atoms with Crippen molar-refractivity contribution in [3.05, 3.63) is 53.2 Å². The molecule has 0 unspecified atom stereocenters. The standard InChI is InChI=1S/C18H17ClN4O2S/c19-13-10-14-16(20-11-13)22-18(21-14)26-15(12-4-2-1-3-5-12)17(24)23-6-8-25-9-7-23/h1-5,10-11,15H,6-9H2,(H,20,21,22)/t15-/m0/s1. The lowest BCUT2D eigenvalue weighted by atomic mass is 10.1. The maximum atomic E-state index is 13.1. The Balaban J connectivity index is 1.64. The molecule has 134 valence electrons. The summed E-state index contributed by atoms with van der Waals surface area (Å²) >= 11 is 7.39. The smallest absolute Gasteiger partial charge is 0.240 e. The molecule has 0 saturated carbocycles. The number of nitrogens with one attached hydrogen (secondary N) is 1. The van der Waals surface area contributed by atoms with Crippen molar-refractivity contribution in [1.29, 1.82) is 0 Å². The van der Waals surface area contributed by atoms with Crippen LogP contribution >= 0.6 is 23.4 Å². The zero-order chi connectivity index (χ0) is 17.9. The molecule has 0 bridgehead atoms. The molecule has 1 amide bonds. The van der Waals surface area contributed by atoms with Crippen molar-refractivity contribution in [2.75, 3.05) is 26.3 Å². The van der Waals surface area contributed by atoms with Crippen molar-refractivity contribution < 1.29 is 9.53 Å². The Bertz CT molecular complexity index is 912. The van der Waals surface area contributed by atoms with Crippen LogP contribution in [0.5, 0.6) is 0 Å². The fourth-order valence-electron chi connectivity index (χ4n) is 2.86. The summed E-state index contributed by atoms with van der Waals surface area (Å²) in [5, 5.41) is 0.803. The first-order valence-corrected chi connectivity index (χ1v) is 9.56. The van der Waals surface area contributed by atoms with Crippen LogP contribution in [0.2, 0.25) is 5.02 Å². The van der Waals surface area contributed by atoms with Gasteiger partial charge in [0.1, 0.15) is 5.25 Å². The van der Waals surface area contributed by atoms with E-state index in [2.05, 4.69) is 15.0 Å². The highest BCUT2D eigenvalue weighted by atomic mass is 35.5. The van der Waals surface area contributed by atoms with Gasteiger partial charge in [0, 0.05) is 19.3 Å². The van der Waals surface area contributed by atoms with Crippen molar-refractivity contribution in [2.24, 2.45) is 0 Å². The molecule has 2 aromatic heterocycles. The third kappa shape index (κ3) is 3.70. The first kappa shape index (κ1) is 17.3. The summed E-state index contributed by atoms with van der Waals surface area (Å²) in [5.74, 6) is 0.0657. The predicted octanol–water partition coefficient (Wildman–Crippen LogP) is 3.30. The van der Waals surface area contributed by atoms with Crippen LogP contribution in [0, 0.1) is 0 Å². The van der Waals surface area contributed by atoms with Gasteiger partial charge in [-0.15, -0.1) is 0 Å². The Morgan fingerprint density at radius 3 is 2.81 bits per heavy atom. The molecule has 6 nitrogen and oxygen atoms in total. The van der Waals surface area contributed by atoms with Crippen LogP contribution in [0.1, 0.15) is 10.8 Å². The topological polar surface area (TPSA) is 71.1 Å². The Morgan fingerprint density at radius 1 is 1.27 bits per heavy atom. The average molecular weight is 389 g/mol. The molecule has 1 N–H and O–H groups in total. The molecule has 26 heavy (non-hydrogen) atoms. The molecule has 0 radical (unpaired) electrons. The van der Waals surface area contributed by atoms with Gasteiger partial charge in [-0.05, 0) is 11.6 Å². The maximum Gasteiger partial charge on any atom is 0.240 e. The van der Waals surface area contributed by atoms with Crippen molar-refractivity contribution in [1.82, 2.24) is 19.9 Å². The average Bonchev–Trinajstić information content (AvgIpc) is 3.08. The minimum atomic E-state index is -0.384. The normalized spacial score (nSPS) is 16.0. The maximum absolute atomic E-state index is 13.1. The first-order chi connectivity index (χ1) is 12.7. The number of aromatic amines is 1. The second kappa shape index (κ2) is 7.65. The van der Waals surface area contributed by atoms with E-state index in [9.17, 15) is 4.79 Å². The highest BCUT2D eigenvalue weighted by molar-refractivity contribution is 8.00. The molecular formula is C18H17ClN4O2S. The van der Waals surface area contributed by atoms with E-state index >= 15 is 0 Å². The molecule has 0 aliphatic carbocycles. The van der Waals surface area contributed by atoms with Crippen LogP contribution < -0.4 is 0 Å². The molecule has 1 fully saturated rings. The summed E-state index contributed by atoms with van der Waals surface area (Å²) < 4.78 is 5.36. The minimum absolute atomic E-state index is 0.0657. The van der Waals surface area contributed by atoms with Crippen molar-refractivity contribution in [2.45, 2.75) is 10.4 Å². The molecule has 3 aromatic rings. The molecule has 1 aliphatic rings. The zero-order valence-corrected chi connectivity index (χ0v) is 15.5. The second-order valence-electron chi connectivity index (χ2n) is 5.91. The molecule has 1 saturated heterocycles. The Hall–Kier alpha value is -2.09. The van der Waals surface area contributed by atoms with Gasteiger partial charge in [-0.3, -0.25) is 4.79 Å². The Morgan fingerprint density at radius 2 is 2.04 bits per heavy atom. The van der Waals surface area contributed by atoms with Crippen LogP contribution in [0.15, 0.2) is 47.8 Å². The lowest BCUT2D eigenvalue weighted by molar-refractivity contribution is -0.134. The van der Waals surface area contributed by atoms with Gasteiger partial charge in [0.25, 0.3) is 0 Å². The summed E-state index contributed by atoms with van der Waals surface area (Å²) in [5.41, 5.74) is 2.29. The first-order valence-electron chi connectivity index (χ1n) is 8.30. The number of halogens is 1. The number of hydrogen-bond donors (Lipinski definition) is 1. The van der Waals surface area contributed by atoms with Crippen LogP contribution in [0.25, 0.3) is 11.2 Å². The number of imidazole rings is 1. The van der Waals surface area contributed by atoms with Crippen molar-refractivity contribution in [3.8, 4) is 0 Å². The quantitative estimate of drug-likeness (QED) is 0.694. The number of ether oxygens (including phenoxy) is 1. The fraction of sp³-hybridized carbons (Fsp3) is 0.278. The van der Waals surface area contributed by atoms with E-state index in [0.29, 0.717) is 42.1 Å². The van der Waals surface area contributed by atoms with Crippen molar-refractivity contribution in [3.63, 3.8) is 0 Å². The number of thioether (sulfide) groups is 1. The number of rotatable bonds is 4. The summed E-state index contributed by atoms with van der Waals surface area (Å²) in [7, 11) is 0. The largest absolute Gasteiger partial charge is 0.378 e. The van der Waals surface area contributed by atoms with Crippen LogP contribution in [-0.2, 0) is 9.53 Å². The molecule has 0 spiro atoms. The van der Waals surface area contributed by atoms with Crippen LogP contribution in [-0.4, -0.2) is 52.1 Å². The molecule has 4 rings (SSSR count). The summed E-state index contributed by atoms with van der Waals surface area (Å²) in [6.45, 7) is 2.37. The second-order valence-corrected chi connectivity index (χ2v) is 7.44. The number of carbonyl (C=O) groups is 1.